The van der Waals surface area contributed by atoms with Gasteiger partial charge in [-0.05, 0) is 55.0 Å². The van der Waals surface area contributed by atoms with Crippen molar-refractivity contribution in [3.63, 3.8) is 0 Å². The lowest BCUT2D eigenvalue weighted by Crippen LogP contribution is -2.14. The second-order valence-corrected chi connectivity index (χ2v) is 5.81. The van der Waals surface area contributed by atoms with Crippen LogP contribution in [0, 0.1) is 5.82 Å². The molecule has 0 amide bonds. The van der Waals surface area contributed by atoms with Crippen LogP contribution in [0.1, 0.15) is 39.9 Å². The fourth-order valence-electron chi connectivity index (χ4n) is 3.00. The highest BCUT2D eigenvalue weighted by molar-refractivity contribution is 5.90. The summed E-state index contributed by atoms with van der Waals surface area (Å²) in [6.07, 6.45) is -0.773. The van der Waals surface area contributed by atoms with E-state index in [1.165, 1.54) is 12.3 Å². The van der Waals surface area contributed by atoms with Crippen LogP contribution in [0.25, 0.3) is 0 Å². The summed E-state index contributed by atoms with van der Waals surface area (Å²) < 4.78 is 51.9. The number of carboxylic acids is 1. The quantitative estimate of drug-likeness (QED) is 0.793. The van der Waals surface area contributed by atoms with E-state index >= 15 is 0 Å². The lowest BCUT2D eigenvalue weighted by atomic mass is 9.89. The van der Waals surface area contributed by atoms with Gasteiger partial charge in [0.05, 0.1) is 11.1 Å². The molecule has 2 aromatic rings. The molecule has 3 rings (SSSR count). The van der Waals surface area contributed by atoms with Crippen LogP contribution in [-0.2, 0) is 19.0 Å². The smallest absolute Gasteiger partial charge is 0.419 e. The van der Waals surface area contributed by atoms with Gasteiger partial charge in [0.2, 0.25) is 0 Å². The van der Waals surface area contributed by atoms with Crippen LogP contribution in [0.5, 0.6) is 0 Å². The standard InChI is InChI=1S/C17H14F4N2O2/c18-14-6-5-9(7-13(14)17(19,20)21)23-15-11-4-2-1-3-10(11)12(8-22-15)16(24)25/h5-8H,1-4H2,(H,22,23)(H,24,25). The van der Waals surface area contributed by atoms with Crippen molar-refractivity contribution in [1.29, 1.82) is 0 Å². The average molecular weight is 354 g/mol. The minimum absolute atomic E-state index is 0.0390. The largest absolute Gasteiger partial charge is 0.478 e. The summed E-state index contributed by atoms with van der Waals surface area (Å²) in [7, 11) is 0. The van der Waals surface area contributed by atoms with Gasteiger partial charge in [-0.1, -0.05) is 0 Å². The van der Waals surface area contributed by atoms with Crippen LogP contribution < -0.4 is 5.32 Å². The Hall–Kier alpha value is -2.64. The number of nitrogens with zero attached hydrogens (tertiary/aromatic N) is 1. The first-order valence-corrected chi connectivity index (χ1v) is 7.65. The maximum Gasteiger partial charge on any atom is 0.419 e. The molecule has 8 heteroatoms. The number of aromatic nitrogens is 1. The summed E-state index contributed by atoms with van der Waals surface area (Å²) in [5.41, 5.74) is 0.111. The van der Waals surface area contributed by atoms with Gasteiger partial charge in [-0.2, -0.15) is 13.2 Å². The minimum atomic E-state index is -4.80. The maximum atomic E-state index is 13.4. The average Bonchev–Trinajstić information content (AvgIpc) is 2.55. The van der Waals surface area contributed by atoms with Gasteiger partial charge in [0, 0.05) is 11.9 Å². The summed E-state index contributed by atoms with van der Waals surface area (Å²) in [4.78, 5) is 15.4. The zero-order chi connectivity index (χ0) is 18.2. The highest BCUT2D eigenvalue weighted by atomic mass is 19.4. The number of benzene rings is 1. The molecule has 0 bridgehead atoms. The number of alkyl halides is 3. The lowest BCUT2D eigenvalue weighted by Gasteiger charge is -2.21. The molecular formula is C17H14F4N2O2. The van der Waals surface area contributed by atoms with Crippen molar-refractivity contribution in [2.75, 3.05) is 5.32 Å². The molecule has 0 spiro atoms. The van der Waals surface area contributed by atoms with Crippen LogP contribution in [0.4, 0.5) is 29.1 Å². The second kappa shape index (κ2) is 6.34. The molecule has 1 aromatic carbocycles. The van der Waals surface area contributed by atoms with E-state index < -0.39 is 23.5 Å². The van der Waals surface area contributed by atoms with Crippen molar-refractivity contribution in [2.45, 2.75) is 31.9 Å². The Morgan fingerprint density at radius 2 is 1.84 bits per heavy atom. The molecule has 1 aromatic heterocycles. The van der Waals surface area contributed by atoms with E-state index in [2.05, 4.69) is 10.3 Å². The number of hydrogen-bond acceptors (Lipinski definition) is 3. The van der Waals surface area contributed by atoms with Crippen molar-refractivity contribution in [1.82, 2.24) is 4.98 Å². The van der Waals surface area contributed by atoms with Gasteiger partial charge < -0.3 is 10.4 Å². The summed E-state index contributed by atoms with van der Waals surface area (Å²) in [6, 6.07) is 2.60. The van der Waals surface area contributed by atoms with Crippen molar-refractivity contribution in [2.24, 2.45) is 0 Å². The molecule has 4 nitrogen and oxygen atoms in total. The molecule has 0 unspecified atom stereocenters. The van der Waals surface area contributed by atoms with Gasteiger partial charge in [0.25, 0.3) is 0 Å². The summed E-state index contributed by atoms with van der Waals surface area (Å²) in [5, 5.41) is 12.0. The van der Waals surface area contributed by atoms with E-state index in [1.807, 2.05) is 0 Å². The van der Waals surface area contributed by atoms with E-state index in [0.29, 0.717) is 35.9 Å². The third-order valence-electron chi connectivity index (χ3n) is 4.17. The van der Waals surface area contributed by atoms with Gasteiger partial charge in [0.1, 0.15) is 11.6 Å². The van der Waals surface area contributed by atoms with Gasteiger partial charge in [0.15, 0.2) is 0 Å². The number of carbonyl (C=O) groups is 1. The second-order valence-electron chi connectivity index (χ2n) is 5.81. The first-order chi connectivity index (χ1) is 11.8. The van der Waals surface area contributed by atoms with Crippen LogP contribution in [0.3, 0.4) is 0 Å². The van der Waals surface area contributed by atoms with E-state index in [0.717, 1.165) is 18.9 Å². The van der Waals surface area contributed by atoms with Crippen molar-refractivity contribution >= 4 is 17.5 Å². The topological polar surface area (TPSA) is 62.2 Å². The van der Waals surface area contributed by atoms with Gasteiger partial charge in [-0.3, -0.25) is 0 Å². The Balaban J connectivity index is 2.01. The molecular weight excluding hydrogens is 340 g/mol. The molecule has 0 saturated heterocycles. The van der Waals surface area contributed by atoms with Gasteiger partial charge in [-0.25, -0.2) is 14.2 Å². The molecule has 0 fully saturated rings. The Bertz CT molecular complexity index is 834. The fourth-order valence-corrected chi connectivity index (χ4v) is 3.00. The van der Waals surface area contributed by atoms with Crippen molar-refractivity contribution < 1.29 is 27.5 Å². The molecule has 0 radical (unpaired) electrons. The number of carboxylic acid groups (broad SMARTS) is 1. The molecule has 2 N–H and O–H groups in total. The first kappa shape index (κ1) is 17.2. The number of rotatable bonds is 3. The van der Waals surface area contributed by atoms with Gasteiger partial charge >= 0.3 is 12.1 Å². The Morgan fingerprint density at radius 1 is 1.16 bits per heavy atom. The third kappa shape index (κ3) is 3.42. The van der Waals surface area contributed by atoms with E-state index in [-0.39, 0.29) is 11.3 Å². The Labute approximate surface area is 140 Å². The third-order valence-corrected chi connectivity index (χ3v) is 4.17. The summed E-state index contributed by atoms with van der Waals surface area (Å²) >= 11 is 0. The Morgan fingerprint density at radius 3 is 2.48 bits per heavy atom. The minimum Gasteiger partial charge on any atom is -0.478 e. The number of fused-ring (bicyclic) bond motifs is 1. The van der Waals surface area contributed by atoms with Crippen LogP contribution >= 0.6 is 0 Å². The number of anilines is 2. The van der Waals surface area contributed by atoms with E-state index in [4.69, 9.17) is 0 Å². The zero-order valence-corrected chi connectivity index (χ0v) is 13.0. The number of aromatic carboxylic acids is 1. The van der Waals surface area contributed by atoms with Crippen LogP contribution in [0.15, 0.2) is 24.4 Å². The highest BCUT2D eigenvalue weighted by Gasteiger charge is 2.34. The van der Waals surface area contributed by atoms with Crippen molar-refractivity contribution in [3.05, 3.63) is 52.5 Å². The predicted molar refractivity (Wildman–Crippen MR) is 82.5 cm³/mol. The van der Waals surface area contributed by atoms with Crippen LogP contribution in [0.2, 0.25) is 0 Å². The number of halogens is 4. The fraction of sp³-hybridized carbons (Fsp3) is 0.294. The number of pyridine rings is 1. The SMILES string of the molecule is O=C(O)c1cnc(Nc2ccc(F)c(C(F)(F)F)c2)c2c1CCCC2. The molecule has 1 heterocycles. The molecule has 132 valence electrons. The van der Waals surface area contributed by atoms with E-state index in [1.54, 1.807) is 0 Å². The molecule has 25 heavy (non-hydrogen) atoms. The Kier molecular flexibility index (Phi) is 4.36. The van der Waals surface area contributed by atoms with Crippen LogP contribution in [-0.4, -0.2) is 16.1 Å². The number of nitrogens with one attached hydrogen (secondary N) is 1. The van der Waals surface area contributed by atoms with Gasteiger partial charge in [-0.15, -0.1) is 0 Å². The highest BCUT2D eigenvalue weighted by Crippen LogP contribution is 2.35. The maximum absolute atomic E-state index is 13.4. The normalized spacial score (nSPS) is 14.1. The molecule has 1 aliphatic carbocycles. The molecule has 1 aliphatic rings. The molecule has 0 aliphatic heterocycles. The van der Waals surface area contributed by atoms with E-state index in [9.17, 15) is 27.5 Å². The summed E-state index contributed by atoms with van der Waals surface area (Å²) in [6.45, 7) is 0. The lowest BCUT2D eigenvalue weighted by molar-refractivity contribution is -0.139. The predicted octanol–water partition coefficient (Wildman–Crippen LogP) is 4.56. The van der Waals surface area contributed by atoms with Crippen molar-refractivity contribution in [3.8, 4) is 0 Å². The zero-order valence-electron chi connectivity index (χ0n) is 13.0. The monoisotopic (exact) mass is 354 g/mol. The molecule has 0 atom stereocenters. The number of hydrogen-bond donors (Lipinski definition) is 2. The summed E-state index contributed by atoms with van der Waals surface area (Å²) in [5.74, 6) is -2.13. The first-order valence-electron chi connectivity index (χ1n) is 7.65. The molecule has 0 saturated carbocycles.